The summed E-state index contributed by atoms with van der Waals surface area (Å²) in [6, 6.07) is 1.33. The van der Waals surface area contributed by atoms with Crippen molar-refractivity contribution < 1.29 is 9.90 Å². The van der Waals surface area contributed by atoms with Crippen LogP contribution in [0.1, 0.15) is 17.3 Å². The van der Waals surface area contributed by atoms with Gasteiger partial charge in [0.2, 0.25) is 0 Å². The van der Waals surface area contributed by atoms with E-state index in [1.807, 2.05) is 6.92 Å². The van der Waals surface area contributed by atoms with Crippen LogP contribution in [0.4, 0.5) is 0 Å². The largest absolute Gasteiger partial charge is 0.477 e. The van der Waals surface area contributed by atoms with E-state index >= 15 is 0 Å². The minimum atomic E-state index is -1.23. The summed E-state index contributed by atoms with van der Waals surface area (Å²) in [4.78, 5) is 24.6. The summed E-state index contributed by atoms with van der Waals surface area (Å²) in [5, 5.41) is 13.4. The first-order valence-electron chi connectivity index (χ1n) is 4.45. The molecule has 2 N–H and O–H groups in total. The predicted octanol–water partition coefficient (Wildman–Crippen LogP) is 0.443. The first-order chi connectivity index (χ1) is 7.13. The van der Waals surface area contributed by atoms with E-state index in [1.54, 1.807) is 4.68 Å². The summed E-state index contributed by atoms with van der Waals surface area (Å²) in [6.45, 7) is 2.50. The molecule has 6 heteroatoms. The van der Waals surface area contributed by atoms with Gasteiger partial charge in [-0.3, -0.25) is 4.79 Å². The molecule has 0 aliphatic rings. The molecule has 2 aromatic rings. The van der Waals surface area contributed by atoms with Crippen LogP contribution in [0.15, 0.2) is 17.1 Å². The molecule has 0 saturated carbocycles. The molecule has 0 saturated heterocycles. The Morgan fingerprint density at radius 2 is 2.40 bits per heavy atom. The molecule has 0 aliphatic carbocycles. The zero-order chi connectivity index (χ0) is 11.0. The molecule has 2 heterocycles. The Bertz CT molecular complexity index is 582. The Balaban J connectivity index is 2.78. The smallest absolute Gasteiger partial charge is 0.341 e. The second kappa shape index (κ2) is 3.23. The maximum absolute atomic E-state index is 11.4. The van der Waals surface area contributed by atoms with Gasteiger partial charge < -0.3 is 10.1 Å². The number of carboxylic acids is 1. The Morgan fingerprint density at radius 1 is 1.67 bits per heavy atom. The fourth-order valence-corrected chi connectivity index (χ4v) is 1.44. The molecule has 0 bridgehead atoms. The molecule has 2 aromatic heterocycles. The fourth-order valence-electron chi connectivity index (χ4n) is 1.44. The van der Waals surface area contributed by atoms with Gasteiger partial charge in [-0.1, -0.05) is 0 Å². The van der Waals surface area contributed by atoms with Gasteiger partial charge in [-0.25, -0.2) is 9.48 Å². The molecular weight excluding hydrogens is 198 g/mol. The van der Waals surface area contributed by atoms with Crippen LogP contribution < -0.4 is 5.56 Å². The van der Waals surface area contributed by atoms with E-state index in [1.165, 1.54) is 12.3 Å². The van der Waals surface area contributed by atoms with Gasteiger partial charge in [0, 0.05) is 11.9 Å². The molecule has 2 rings (SSSR count). The molecule has 0 fully saturated rings. The standard InChI is InChI=1S/C9H9N3O3/c1-2-12-7-5(4-10-12)3-6(9(14)15)8(13)11-7/h3-4H,2H2,1H3,(H,11,13)(H,14,15). The quantitative estimate of drug-likeness (QED) is 0.748. The summed E-state index contributed by atoms with van der Waals surface area (Å²) in [5.41, 5.74) is -0.323. The van der Waals surface area contributed by atoms with Gasteiger partial charge >= 0.3 is 5.97 Å². The average molecular weight is 207 g/mol. The van der Waals surface area contributed by atoms with Crippen molar-refractivity contribution in [3.63, 3.8) is 0 Å². The Kier molecular flexibility index (Phi) is 2.03. The third-order valence-electron chi connectivity index (χ3n) is 2.17. The number of nitrogens with zero attached hydrogens (tertiary/aromatic N) is 2. The minimum absolute atomic E-state index is 0.266. The maximum atomic E-state index is 11.4. The predicted molar refractivity (Wildman–Crippen MR) is 53.0 cm³/mol. The lowest BCUT2D eigenvalue weighted by Crippen LogP contribution is -2.17. The van der Waals surface area contributed by atoms with Gasteiger partial charge in [0.15, 0.2) is 0 Å². The highest BCUT2D eigenvalue weighted by Gasteiger charge is 2.11. The number of pyridine rings is 1. The highest BCUT2D eigenvalue weighted by atomic mass is 16.4. The third kappa shape index (κ3) is 1.39. The number of aryl methyl sites for hydroxylation is 1. The van der Waals surface area contributed by atoms with Crippen LogP contribution in [0, 0.1) is 0 Å². The van der Waals surface area contributed by atoms with Gasteiger partial charge in [-0.05, 0) is 13.0 Å². The molecule has 0 aliphatic heterocycles. The monoisotopic (exact) mass is 207 g/mol. The van der Waals surface area contributed by atoms with Gasteiger partial charge in [-0.2, -0.15) is 5.10 Å². The lowest BCUT2D eigenvalue weighted by Gasteiger charge is -1.98. The second-order valence-corrected chi connectivity index (χ2v) is 3.08. The van der Waals surface area contributed by atoms with Crippen LogP contribution in [0.25, 0.3) is 11.0 Å². The summed E-state index contributed by atoms with van der Waals surface area (Å²) in [5.74, 6) is -1.23. The average Bonchev–Trinajstić information content (AvgIpc) is 2.58. The molecule has 0 atom stereocenters. The first-order valence-corrected chi connectivity index (χ1v) is 4.45. The number of fused-ring (bicyclic) bond motifs is 1. The van der Waals surface area contributed by atoms with Crippen molar-refractivity contribution in [2.24, 2.45) is 0 Å². The van der Waals surface area contributed by atoms with E-state index in [9.17, 15) is 9.59 Å². The van der Waals surface area contributed by atoms with Crippen molar-refractivity contribution in [1.29, 1.82) is 0 Å². The van der Waals surface area contributed by atoms with Gasteiger partial charge in [0.05, 0.1) is 6.20 Å². The number of nitrogens with one attached hydrogen (secondary N) is 1. The van der Waals surface area contributed by atoms with Crippen LogP contribution in [-0.4, -0.2) is 25.8 Å². The van der Waals surface area contributed by atoms with E-state index in [4.69, 9.17) is 5.11 Å². The van der Waals surface area contributed by atoms with Crippen molar-refractivity contribution in [2.45, 2.75) is 13.5 Å². The number of carboxylic acid groups (broad SMARTS) is 1. The van der Waals surface area contributed by atoms with E-state index in [-0.39, 0.29) is 5.56 Å². The van der Waals surface area contributed by atoms with Gasteiger partial charge in [0.25, 0.3) is 5.56 Å². The summed E-state index contributed by atoms with van der Waals surface area (Å²) in [7, 11) is 0. The number of aromatic nitrogens is 3. The third-order valence-corrected chi connectivity index (χ3v) is 2.17. The summed E-state index contributed by atoms with van der Waals surface area (Å²) >= 11 is 0. The highest BCUT2D eigenvalue weighted by molar-refractivity contribution is 5.91. The summed E-state index contributed by atoms with van der Waals surface area (Å²) < 4.78 is 1.60. The Morgan fingerprint density at radius 3 is 3.00 bits per heavy atom. The van der Waals surface area contributed by atoms with Crippen molar-refractivity contribution in [3.05, 3.63) is 28.2 Å². The molecule has 0 amide bonds. The van der Waals surface area contributed by atoms with Gasteiger partial charge in [0.1, 0.15) is 11.2 Å². The van der Waals surface area contributed by atoms with Crippen LogP contribution in [-0.2, 0) is 6.54 Å². The number of carbonyl (C=O) groups is 1. The van der Waals surface area contributed by atoms with Gasteiger partial charge in [-0.15, -0.1) is 0 Å². The number of rotatable bonds is 2. The molecular formula is C9H9N3O3. The zero-order valence-corrected chi connectivity index (χ0v) is 8.02. The highest BCUT2D eigenvalue weighted by Crippen LogP contribution is 2.09. The van der Waals surface area contributed by atoms with Crippen molar-refractivity contribution >= 4 is 17.0 Å². The molecule has 0 spiro atoms. The minimum Gasteiger partial charge on any atom is -0.477 e. The van der Waals surface area contributed by atoms with Crippen LogP contribution in [0.5, 0.6) is 0 Å². The molecule has 0 radical (unpaired) electrons. The fraction of sp³-hybridized carbons (Fsp3) is 0.222. The number of hydrogen-bond acceptors (Lipinski definition) is 3. The molecule has 0 aromatic carbocycles. The van der Waals surface area contributed by atoms with E-state index in [0.717, 1.165) is 0 Å². The SMILES string of the molecule is CCn1ncc2cc(C(=O)O)c(=O)[nH]c21. The number of aromatic carboxylic acids is 1. The van der Waals surface area contributed by atoms with E-state index in [2.05, 4.69) is 10.1 Å². The van der Waals surface area contributed by atoms with Crippen LogP contribution in [0.2, 0.25) is 0 Å². The molecule has 6 nitrogen and oxygen atoms in total. The Labute approximate surface area is 84.2 Å². The molecule has 15 heavy (non-hydrogen) atoms. The number of H-pyrrole nitrogens is 1. The van der Waals surface area contributed by atoms with E-state index < -0.39 is 11.5 Å². The van der Waals surface area contributed by atoms with Crippen molar-refractivity contribution in [1.82, 2.24) is 14.8 Å². The second-order valence-electron chi connectivity index (χ2n) is 3.08. The lowest BCUT2D eigenvalue weighted by molar-refractivity contribution is 0.0695. The normalized spacial score (nSPS) is 10.7. The van der Waals surface area contributed by atoms with Crippen molar-refractivity contribution in [2.75, 3.05) is 0 Å². The van der Waals surface area contributed by atoms with Crippen LogP contribution in [0.3, 0.4) is 0 Å². The zero-order valence-electron chi connectivity index (χ0n) is 8.02. The molecule has 78 valence electrons. The Hall–Kier alpha value is -2.11. The topological polar surface area (TPSA) is 88.0 Å². The van der Waals surface area contributed by atoms with Crippen LogP contribution >= 0.6 is 0 Å². The molecule has 0 unspecified atom stereocenters. The number of aromatic amines is 1. The van der Waals surface area contributed by atoms with Crippen molar-refractivity contribution in [3.8, 4) is 0 Å². The first kappa shape index (κ1) is 9.45. The lowest BCUT2D eigenvalue weighted by atomic mass is 10.2. The number of hydrogen-bond donors (Lipinski definition) is 2. The van der Waals surface area contributed by atoms with E-state index in [0.29, 0.717) is 17.6 Å². The summed E-state index contributed by atoms with van der Waals surface area (Å²) in [6.07, 6.45) is 1.53. The maximum Gasteiger partial charge on any atom is 0.341 e.